The van der Waals surface area contributed by atoms with Gasteiger partial charge in [-0.2, -0.15) is 13.2 Å². The van der Waals surface area contributed by atoms with Crippen LogP contribution in [0.3, 0.4) is 0 Å². The maximum absolute atomic E-state index is 12.4. The highest BCUT2D eigenvalue weighted by Gasteiger charge is 2.29. The van der Waals surface area contributed by atoms with E-state index in [-0.39, 0.29) is 6.42 Å². The van der Waals surface area contributed by atoms with Crippen molar-refractivity contribution in [2.75, 3.05) is 0 Å². The van der Waals surface area contributed by atoms with Crippen LogP contribution in [0.25, 0.3) is 0 Å². The quantitative estimate of drug-likeness (QED) is 0.591. The van der Waals surface area contributed by atoms with E-state index < -0.39 is 17.7 Å². The summed E-state index contributed by atoms with van der Waals surface area (Å²) in [5, 5.41) is 0. The zero-order valence-corrected chi connectivity index (χ0v) is 12.2. The fourth-order valence-corrected chi connectivity index (χ4v) is 1.91. The monoisotopic (exact) mass is 358 g/mol. The summed E-state index contributed by atoms with van der Waals surface area (Å²) in [6, 6.07) is 11.1. The van der Waals surface area contributed by atoms with Crippen LogP contribution < -0.4 is 4.74 Å². The lowest BCUT2D eigenvalue weighted by Gasteiger charge is -2.08. The molecule has 0 spiro atoms. The molecule has 2 aromatic carbocycles. The number of ether oxygens (including phenoxy) is 1. The van der Waals surface area contributed by atoms with Crippen molar-refractivity contribution in [3.63, 3.8) is 0 Å². The molecule has 0 aliphatic rings. The van der Waals surface area contributed by atoms with E-state index in [4.69, 9.17) is 4.74 Å². The van der Waals surface area contributed by atoms with Crippen molar-refractivity contribution in [1.82, 2.24) is 0 Å². The van der Waals surface area contributed by atoms with Gasteiger partial charge in [0, 0.05) is 4.47 Å². The Morgan fingerprint density at radius 3 is 2.10 bits per heavy atom. The zero-order valence-electron chi connectivity index (χ0n) is 10.7. The smallest absolute Gasteiger partial charge is 0.416 e. The van der Waals surface area contributed by atoms with Gasteiger partial charge in [-0.1, -0.05) is 28.1 Å². The SMILES string of the molecule is O=C(Cc1ccc(C(F)(F)F)cc1)Oc1ccc(Br)cc1. The molecular formula is C15H10BrF3O2. The van der Waals surface area contributed by atoms with Crippen molar-refractivity contribution < 1.29 is 22.7 Å². The minimum atomic E-state index is -4.38. The van der Waals surface area contributed by atoms with Crippen LogP contribution in [0.4, 0.5) is 13.2 Å². The minimum absolute atomic E-state index is 0.0891. The molecule has 0 bridgehead atoms. The van der Waals surface area contributed by atoms with Gasteiger partial charge in [0.25, 0.3) is 0 Å². The standard InChI is InChI=1S/C15H10BrF3O2/c16-12-5-7-13(8-6-12)21-14(20)9-10-1-3-11(4-2-10)15(17,18)19/h1-8H,9H2. The lowest BCUT2D eigenvalue weighted by molar-refractivity contribution is -0.137. The summed E-state index contributed by atoms with van der Waals surface area (Å²) < 4.78 is 43.2. The molecule has 0 unspecified atom stereocenters. The Balaban J connectivity index is 1.98. The van der Waals surface area contributed by atoms with E-state index in [0.717, 1.165) is 16.6 Å². The Labute approximate surface area is 127 Å². The van der Waals surface area contributed by atoms with Gasteiger partial charge in [0.15, 0.2) is 0 Å². The lowest BCUT2D eigenvalue weighted by Crippen LogP contribution is -2.11. The average molecular weight is 359 g/mol. The summed E-state index contributed by atoms with van der Waals surface area (Å²) in [7, 11) is 0. The number of benzene rings is 2. The van der Waals surface area contributed by atoms with Gasteiger partial charge < -0.3 is 4.74 Å². The molecule has 0 heterocycles. The molecule has 110 valence electrons. The Morgan fingerprint density at radius 1 is 1.00 bits per heavy atom. The topological polar surface area (TPSA) is 26.3 Å². The Kier molecular flexibility index (Phi) is 4.67. The highest BCUT2D eigenvalue weighted by Crippen LogP contribution is 2.29. The molecule has 0 fully saturated rings. The van der Waals surface area contributed by atoms with Crippen molar-refractivity contribution in [2.24, 2.45) is 0 Å². The van der Waals surface area contributed by atoms with Crippen LogP contribution in [0, 0.1) is 0 Å². The van der Waals surface area contributed by atoms with Gasteiger partial charge >= 0.3 is 12.1 Å². The third-order valence-corrected chi connectivity index (χ3v) is 3.20. The number of carbonyl (C=O) groups excluding carboxylic acids is 1. The molecule has 2 aromatic rings. The predicted molar refractivity (Wildman–Crippen MR) is 74.9 cm³/mol. The molecule has 0 atom stereocenters. The summed E-state index contributed by atoms with van der Waals surface area (Å²) in [4.78, 5) is 11.7. The maximum atomic E-state index is 12.4. The van der Waals surface area contributed by atoms with Crippen molar-refractivity contribution >= 4 is 21.9 Å². The molecule has 0 N–H and O–H groups in total. The van der Waals surface area contributed by atoms with E-state index in [1.165, 1.54) is 12.1 Å². The van der Waals surface area contributed by atoms with Crippen LogP contribution in [0.5, 0.6) is 5.75 Å². The summed E-state index contributed by atoms with van der Waals surface area (Å²) >= 11 is 3.26. The number of hydrogen-bond donors (Lipinski definition) is 0. The van der Waals surface area contributed by atoms with Crippen molar-refractivity contribution in [3.05, 3.63) is 64.1 Å². The maximum Gasteiger partial charge on any atom is 0.416 e. The van der Waals surface area contributed by atoms with Gasteiger partial charge in [0.05, 0.1) is 12.0 Å². The van der Waals surface area contributed by atoms with Crippen LogP contribution in [-0.4, -0.2) is 5.97 Å². The van der Waals surface area contributed by atoms with E-state index in [2.05, 4.69) is 15.9 Å². The first-order valence-electron chi connectivity index (χ1n) is 5.97. The molecule has 0 aliphatic heterocycles. The largest absolute Gasteiger partial charge is 0.426 e. The average Bonchev–Trinajstić information content (AvgIpc) is 2.41. The third-order valence-electron chi connectivity index (χ3n) is 2.68. The second kappa shape index (κ2) is 6.30. The molecule has 2 rings (SSSR count). The Morgan fingerprint density at radius 2 is 1.57 bits per heavy atom. The van der Waals surface area contributed by atoms with Gasteiger partial charge in [-0.25, -0.2) is 0 Å². The summed E-state index contributed by atoms with van der Waals surface area (Å²) in [5.74, 6) is -0.146. The van der Waals surface area contributed by atoms with E-state index in [0.29, 0.717) is 11.3 Å². The fourth-order valence-electron chi connectivity index (χ4n) is 1.65. The second-order valence-electron chi connectivity index (χ2n) is 4.30. The molecule has 2 nitrogen and oxygen atoms in total. The molecule has 0 saturated carbocycles. The highest BCUT2D eigenvalue weighted by atomic mass is 79.9. The van der Waals surface area contributed by atoms with Gasteiger partial charge in [0.1, 0.15) is 5.75 Å². The summed E-state index contributed by atoms with van der Waals surface area (Å²) in [5.41, 5.74) is -0.280. The van der Waals surface area contributed by atoms with Crippen molar-refractivity contribution in [1.29, 1.82) is 0 Å². The molecule has 0 amide bonds. The summed E-state index contributed by atoms with van der Waals surface area (Å²) in [6.07, 6.45) is -4.47. The summed E-state index contributed by atoms with van der Waals surface area (Å²) in [6.45, 7) is 0. The first-order chi connectivity index (χ1) is 9.84. The zero-order chi connectivity index (χ0) is 15.5. The van der Waals surface area contributed by atoms with Crippen LogP contribution >= 0.6 is 15.9 Å². The fraction of sp³-hybridized carbons (Fsp3) is 0.133. The number of hydrogen-bond acceptors (Lipinski definition) is 2. The normalized spacial score (nSPS) is 11.2. The molecule has 0 aromatic heterocycles. The highest BCUT2D eigenvalue weighted by molar-refractivity contribution is 9.10. The number of halogens is 4. The molecule has 0 saturated heterocycles. The van der Waals surface area contributed by atoms with E-state index in [1.807, 2.05) is 0 Å². The van der Waals surface area contributed by atoms with Crippen LogP contribution in [0.1, 0.15) is 11.1 Å². The van der Waals surface area contributed by atoms with Gasteiger partial charge in [-0.3, -0.25) is 4.79 Å². The van der Waals surface area contributed by atoms with E-state index in [9.17, 15) is 18.0 Å². The second-order valence-corrected chi connectivity index (χ2v) is 5.22. The first kappa shape index (κ1) is 15.6. The Hall–Kier alpha value is -1.82. The minimum Gasteiger partial charge on any atom is -0.426 e. The van der Waals surface area contributed by atoms with E-state index in [1.54, 1.807) is 24.3 Å². The lowest BCUT2D eigenvalue weighted by atomic mass is 10.1. The molecule has 21 heavy (non-hydrogen) atoms. The van der Waals surface area contributed by atoms with Gasteiger partial charge in [-0.15, -0.1) is 0 Å². The van der Waals surface area contributed by atoms with Crippen LogP contribution in [0.15, 0.2) is 53.0 Å². The number of esters is 1. The van der Waals surface area contributed by atoms with Crippen molar-refractivity contribution in [2.45, 2.75) is 12.6 Å². The number of rotatable bonds is 3. The van der Waals surface area contributed by atoms with Crippen LogP contribution in [-0.2, 0) is 17.4 Å². The predicted octanol–water partition coefficient (Wildman–Crippen LogP) is 4.62. The first-order valence-corrected chi connectivity index (χ1v) is 6.76. The molecule has 6 heteroatoms. The third kappa shape index (κ3) is 4.60. The number of alkyl halides is 3. The van der Waals surface area contributed by atoms with E-state index >= 15 is 0 Å². The van der Waals surface area contributed by atoms with Gasteiger partial charge in [0.2, 0.25) is 0 Å². The van der Waals surface area contributed by atoms with Crippen LogP contribution in [0.2, 0.25) is 0 Å². The molecule has 0 radical (unpaired) electrons. The molecular weight excluding hydrogens is 349 g/mol. The molecule has 0 aliphatic carbocycles. The Bertz CT molecular complexity index is 619. The van der Waals surface area contributed by atoms with Gasteiger partial charge in [-0.05, 0) is 42.0 Å². The number of carbonyl (C=O) groups is 1. The van der Waals surface area contributed by atoms with Crippen molar-refractivity contribution in [3.8, 4) is 5.75 Å².